The first kappa shape index (κ1) is 12.0. The van der Waals surface area contributed by atoms with Crippen LogP contribution in [0.5, 0.6) is 0 Å². The predicted molar refractivity (Wildman–Crippen MR) is 71.2 cm³/mol. The standard InChI is InChI=1S/C12H16N4S/c1-3-13-12-10(5-4-6-14-12)9-17-11-7-15-16(2)8-11/h4-8H,3,9H2,1-2H3,(H,13,14). The number of aryl methyl sites for hydroxylation is 1. The molecule has 17 heavy (non-hydrogen) atoms. The summed E-state index contributed by atoms with van der Waals surface area (Å²) in [6, 6.07) is 4.08. The van der Waals surface area contributed by atoms with Crippen LogP contribution >= 0.6 is 11.8 Å². The molecule has 0 aromatic carbocycles. The Kier molecular flexibility index (Phi) is 4.03. The van der Waals surface area contributed by atoms with Crippen molar-refractivity contribution < 1.29 is 0 Å². The molecule has 0 aliphatic heterocycles. The number of hydrogen-bond acceptors (Lipinski definition) is 4. The quantitative estimate of drug-likeness (QED) is 0.826. The SMILES string of the molecule is CCNc1ncccc1CSc1cnn(C)c1. The summed E-state index contributed by atoms with van der Waals surface area (Å²) in [7, 11) is 1.93. The highest BCUT2D eigenvalue weighted by Crippen LogP contribution is 2.24. The van der Waals surface area contributed by atoms with Crippen LogP contribution in [-0.4, -0.2) is 21.3 Å². The minimum Gasteiger partial charge on any atom is -0.370 e. The van der Waals surface area contributed by atoms with Crippen molar-refractivity contribution in [1.82, 2.24) is 14.8 Å². The number of nitrogens with zero attached hydrogens (tertiary/aromatic N) is 3. The highest BCUT2D eigenvalue weighted by molar-refractivity contribution is 7.98. The Bertz CT molecular complexity index is 481. The molecule has 4 nitrogen and oxygen atoms in total. The van der Waals surface area contributed by atoms with Crippen molar-refractivity contribution in [2.45, 2.75) is 17.6 Å². The summed E-state index contributed by atoms with van der Waals surface area (Å²) in [4.78, 5) is 5.52. The Morgan fingerprint density at radius 2 is 2.35 bits per heavy atom. The number of anilines is 1. The van der Waals surface area contributed by atoms with Gasteiger partial charge in [-0.05, 0) is 13.0 Å². The second-order valence-electron chi connectivity index (χ2n) is 3.68. The first-order chi connectivity index (χ1) is 8.29. The van der Waals surface area contributed by atoms with Crippen molar-refractivity contribution in [3.05, 3.63) is 36.3 Å². The van der Waals surface area contributed by atoms with Gasteiger partial charge in [0, 0.05) is 42.2 Å². The molecule has 5 heteroatoms. The smallest absolute Gasteiger partial charge is 0.129 e. The van der Waals surface area contributed by atoms with Crippen LogP contribution in [0.15, 0.2) is 35.6 Å². The summed E-state index contributed by atoms with van der Waals surface area (Å²) in [6.45, 7) is 2.97. The first-order valence-electron chi connectivity index (χ1n) is 5.59. The lowest BCUT2D eigenvalue weighted by molar-refractivity contribution is 0.766. The molecule has 2 aromatic rings. The summed E-state index contributed by atoms with van der Waals surface area (Å²) in [5.74, 6) is 1.88. The van der Waals surface area contributed by atoms with Gasteiger partial charge in [0.2, 0.25) is 0 Å². The summed E-state index contributed by atoms with van der Waals surface area (Å²) >= 11 is 1.77. The maximum absolute atomic E-state index is 4.34. The predicted octanol–water partition coefficient (Wildman–Crippen LogP) is 2.54. The van der Waals surface area contributed by atoms with Gasteiger partial charge in [0.1, 0.15) is 5.82 Å². The average molecular weight is 248 g/mol. The molecule has 90 valence electrons. The zero-order valence-electron chi connectivity index (χ0n) is 10.1. The van der Waals surface area contributed by atoms with Crippen molar-refractivity contribution in [2.75, 3.05) is 11.9 Å². The third kappa shape index (κ3) is 3.23. The Morgan fingerprint density at radius 1 is 1.47 bits per heavy atom. The lowest BCUT2D eigenvalue weighted by atomic mass is 10.3. The Labute approximate surface area is 105 Å². The van der Waals surface area contributed by atoms with E-state index >= 15 is 0 Å². The molecule has 0 aliphatic rings. The van der Waals surface area contributed by atoms with E-state index in [0.717, 1.165) is 18.1 Å². The molecule has 0 spiro atoms. The molecule has 1 N–H and O–H groups in total. The molecule has 0 saturated carbocycles. The van der Waals surface area contributed by atoms with Crippen LogP contribution in [0, 0.1) is 0 Å². The van der Waals surface area contributed by atoms with Crippen LogP contribution in [0.3, 0.4) is 0 Å². The molecule has 2 heterocycles. The molecule has 2 rings (SSSR count). The fourth-order valence-electron chi connectivity index (χ4n) is 1.52. The summed E-state index contributed by atoms with van der Waals surface area (Å²) in [6.07, 6.45) is 5.72. The van der Waals surface area contributed by atoms with E-state index in [9.17, 15) is 0 Å². The van der Waals surface area contributed by atoms with Gasteiger partial charge in [-0.25, -0.2) is 4.98 Å². The number of hydrogen-bond donors (Lipinski definition) is 1. The Morgan fingerprint density at radius 3 is 3.06 bits per heavy atom. The molecule has 0 amide bonds. The number of thioether (sulfide) groups is 1. The molecule has 0 unspecified atom stereocenters. The van der Waals surface area contributed by atoms with Crippen molar-refractivity contribution in [2.24, 2.45) is 7.05 Å². The van der Waals surface area contributed by atoms with Gasteiger partial charge in [0.05, 0.1) is 6.20 Å². The van der Waals surface area contributed by atoms with E-state index in [-0.39, 0.29) is 0 Å². The highest BCUT2D eigenvalue weighted by Gasteiger charge is 2.04. The van der Waals surface area contributed by atoms with Gasteiger partial charge >= 0.3 is 0 Å². The lowest BCUT2D eigenvalue weighted by Crippen LogP contribution is -2.02. The van der Waals surface area contributed by atoms with E-state index < -0.39 is 0 Å². The second kappa shape index (κ2) is 5.72. The maximum atomic E-state index is 4.34. The van der Waals surface area contributed by atoms with Gasteiger partial charge in [0.25, 0.3) is 0 Å². The lowest BCUT2D eigenvalue weighted by Gasteiger charge is -2.08. The second-order valence-corrected chi connectivity index (χ2v) is 4.73. The Balaban J connectivity index is 2.03. The molecular formula is C12H16N4S. The third-order valence-corrected chi connectivity index (χ3v) is 3.31. The van der Waals surface area contributed by atoms with E-state index in [1.807, 2.05) is 36.4 Å². The largest absolute Gasteiger partial charge is 0.370 e. The zero-order valence-corrected chi connectivity index (χ0v) is 10.9. The van der Waals surface area contributed by atoms with Gasteiger partial charge in [-0.2, -0.15) is 5.10 Å². The van der Waals surface area contributed by atoms with Gasteiger partial charge in [-0.3, -0.25) is 4.68 Å². The summed E-state index contributed by atoms with van der Waals surface area (Å²) in [5, 5.41) is 7.42. The van der Waals surface area contributed by atoms with Crippen LogP contribution in [0.4, 0.5) is 5.82 Å². The van der Waals surface area contributed by atoms with E-state index in [4.69, 9.17) is 0 Å². The van der Waals surface area contributed by atoms with Gasteiger partial charge in [0.15, 0.2) is 0 Å². The average Bonchev–Trinajstić information content (AvgIpc) is 2.74. The van der Waals surface area contributed by atoms with Crippen LogP contribution < -0.4 is 5.32 Å². The van der Waals surface area contributed by atoms with Gasteiger partial charge in [-0.1, -0.05) is 6.07 Å². The van der Waals surface area contributed by atoms with Crippen LogP contribution in [0.25, 0.3) is 0 Å². The van der Waals surface area contributed by atoms with E-state index in [1.165, 1.54) is 10.5 Å². The van der Waals surface area contributed by atoms with Gasteiger partial charge < -0.3 is 5.32 Å². The minimum absolute atomic E-state index is 0.890. The fourth-order valence-corrected chi connectivity index (χ4v) is 2.42. The molecule has 0 aliphatic carbocycles. The molecule has 0 atom stereocenters. The van der Waals surface area contributed by atoms with Crippen LogP contribution in [0.1, 0.15) is 12.5 Å². The van der Waals surface area contributed by atoms with Crippen molar-refractivity contribution in [1.29, 1.82) is 0 Å². The summed E-state index contributed by atoms with van der Waals surface area (Å²) < 4.78 is 1.82. The number of rotatable bonds is 5. The van der Waals surface area contributed by atoms with Crippen molar-refractivity contribution in [3.63, 3.8) is 0 Å². The van der Waals surface area contributed by atoms with Gasteiger partial charge in [-0.15, -0.1) is 11.8 Å². The zero-order chi connectivity index (χ0) is 12.1. The molecule has 0 fully saturated rings. The number of aromatic nitrogens is 3. The first-order valence-corrected chi connectivity index (χ1v) is 6.57. The van der Waals surface area contributed by atoms with Crippen LogP contribution in [0.2, 0.25) is 0 Å². The van der Waals surface area contributed by atoms with E-state index in [1.54, 1.807) is 11.8 Å². The minimum atomic E-state index is 0.890. The maximum Gasteiger partial charge on any atom is 0.129 e. The monoisotopic (exact) mass is 248 g/mol. The van der Waals surface area contributed by atoms with E-state index in [2.05, 4.69) is 28.4 Å². The topological polar surface area (TPSA) is 42.7 Å². The molecular weight excluding hydrogens is 232 g/mol. The highest BCUT2D eigenvalue weighted by atomic mass is 32.2. The normalized spacial score (nSPS) is 10.5. The molecule has 0 radical (unpaired) electrons. The molecule has 0 saturated heterocycles. The van der Waals surface area contributed by atoms with Crippen LogP contribution in [-0.2, 0) is 12.8 Å². The summed E-state index contributed by atoms with van der Waals surface area (Å²) in [5.41, 5.74) is 1.23. The number of pyridine rings is 1. The Hall–Kier alpha value is -1.49. The molecule has 2 aromatic heterocycles. The number of nitrogens with one attached hydrogen (secondary N) is 1. The van der Waals surface area contributed by atoms with E-state index in [0.29, 0.717) is 0 Å². The fraction of sp³-hybridized carbons (Fsp3) is 0.333. The van der Waals surface area contributed by atoms with Crippen molar-refractivity contribution >= 4 is 17.6 Å². The van der Waals surface area contributed by atoms with Crippen molar-refractivity contribution in [3.8, 4) is 0 Å². The molecule has 0 bridgehead atoms. The third-order valence-electron chi connectivity index (χ3n) is 2.31.